The predicted molar refractivity (Wildman–Crippen MR) is 77.2 cm³/mol. The largest absolute Gasteiger partial charge is 0.383 e. The van der Waals surface area contributed by atoms with Crippen molar-refractivity contribution in [2.45, 2.75) is 45.2 Å². The molecule has 0 aromatic carbocycles. The molecule has 1 rings (SSSR count). The number of amides is 1. The average Bonchev–Trinajstić information content (AvgIpc) is 2.62. The lowest BCUT2D eigenvalue weighted by molar-refractivity contribution is -0.120. The fourth-order valence-electron chi connectivity index (χ4n) is 2.43. The molecule has 0 aromatic rings. The van der Waals surface area contributed by atoms with Crippen LogP contribution in [-0.2, 0) is 9.53 Å². The summed E-state index contributed by atoms with van der Waals surface area (Å²) in [6.07, 6.45) is 3.50. The molecule has 0 bridgehead atoms. The van der Waals surface area contributed by atoms with Crippen molar-refractivity contribution in [2.24, 2.45) is 0 Å². The Morgan fingerprint density at radius 1 is 1.37 bits per heavy atom. The summed E-state index contributed by atoms with van der Waals surface area (Å²) in [7, 11) is 1.64. The topological polar surface area (TPSA) is 53.6 Å². The maximum absolute atomic E-state index is 11.6. The first-order valence-electron chi connectivity index (χ1n) is 7.36. The molecule has 1 heterocycles. The van der Waals surface area contributed by atoms with E-state index in [1.165, 1.54) is 13.0 Å². The minimum absolute atomic E-state index is 0.0574. The van der Waals surface area contributed by atoms with E-state index in [1.807, 2.05) is 0 Å². The number of hydrogen-bond donors (Lipinski definition) is 2. The van der Waals surface area contributed by atoms with E-state index in [4.69, 9.17) is 4.74 Å². The Morgan fingerprint density at radius 2 is 2.16 bits per heavy atom. The van der Waals surface area contributed by atoms with Crippen molar-refractivity contribution in [1.29, 1.82) is 0 Å². The van der Waals surface area contributed by atoms with Crippen LogP contribution in [0.15, 0.2) is 0 Å². The van der Waals surface area contributed by atoms with Crippen molar-refractivity contribution in [2.75, 3.05) is 39.9 Å². The second-order valence-electron chi connectivity index (χ2n) is 5.48. The number of likely N-dealkylation sites (tertiary alicyclic amines) is 1. The number of methoxy groups -OCH3 is 1. The molecule has 1 amide bonds. The lowest BCUT2D eigenvalue weighted by Crippen LogP contribution is -2.40. The van der Waals surface area contributed by atoms with Gasteiger partial charge < -0.3 is 20.3 Å². The van der Waals surface area contributed by atoms with Gasteiger partial charge >= 0.3 is 0 Å². The van der Waals surface area contributed by atoms with Crippen molar-refractivity contribution in [3.8, 4) is 0 Å². The van der Waals surface area contributed by atoms with Gasteiger partial charge in [-0.2, -0.15) is 0 Å². The lowest BCUT2D eigenvalue weighted by atomic mass is 10.1. The Morgan fingerprint density at radius 3 is 2.84 bits per heavy atom. The van der Waals surface area contributed by atoms with Crippen LogP contribution in [0, 0.1) is 0 Å². The summed E-state index contributed by atoms with van der Waals surface area (Å²) in [6.45, 7) is 8.36. The third-order valence-corrected chi connectivity index (χ3v) is 3.67. The van der Waals surface area contributed by atoms with Crippen LogP contribution in [0.1, 0.15) is 33.1 Å². The molecule has 1 aliphatic rings. The van der Waals surface area contributed by atoms with E-state index in [0.717, 1.165) is 19.4 Å². The zero-order valence-corrected chi connectivity index (χ0v) is 12.6. The Labute approximate surface area is 117 Å². The lowest BCUT2D eigenvalue weighted by Gasteiger charge is -2.24. The van der Waals surface area contributed by atoms with Gasteiger partial charge in [0.15, 0.2) is 0 Å². The van der Waals surface area contributed by atoms with Gasteiger partial charge in [0.2, 0.25) is 5.91 Å². The van der Waals surface area contributed by atoms with E-state index in [2.05, 4.69) is 29.4 Å². The van der Waals surface area contributed by atoms with Gasteiger partial charge in [-0.15, -0.1) is 0 Å². The Kier molecular flexibility index (Phi) is 8.02. The molecule has 5 nitrogen and oxygen atoms in total. The van der Waals surface area contributed by atoms with Crippen LogP contribution in [0.4, 0.5) is 0 Å². The molecule has 1 saturated heterocycles. The van der Waals surface area contributed by atoms with Crippen molar-refractivity contribution in [3.63, 3.8) is 0 Å². The summed E-state index contributed by atoms with van der Waals surface area (Å²) in [5.74, 6) is 0.0574. The molecule has 1 aliphatic heterocycles. The quantitative estimate of drug-likeness (QED) is 0.666. The Balaban J connectivity index is 2.17. The zero-order chi connectivity index (χ0) is 14.1. The highest BCUT2D eigenvalue weighted by Crippen LogP contribution is 2.12. The van der Waals surface area contributed by atoms with Gasteiger partial charge in [0.05, 0.1) is 13.2 Å². The van der Waals surface area contributed by atoms with Gasteiger partial charge in [-0.25, -0.2) is 0 Å². The molecular weight excluding hydrogens is 242 g/mol. The SMILES string of the molecule is COCCNC(=O)CNC1CCCN(C(C)C)CC1. The van der Waals surface area contributed by atoms with Crippen LogP contribution in [0.25, 0.3) is 0 Å². The van der Waals surface area contributed by atoms with Crippen molar-refractivity contribution in [3.05, 3.63) is 0 Å². The van der Waals surface area contributed by atoms with Gasteiger partial charge in [0.25, 0.3) is 0 Å². The Hall–Kier alpha value is -0.650. The van der Waals surface area contributed by atoms with Crippen LogP contribution in [0.5, 0.6) is 0 Å². The maximum Gasteiger partial charge on any atom is 0.234 e. The Bertz CT molecular complexity index is 259. The molecule has 1 fully saturated rings. The molecule has 0 radical (unpaired) electrons. The molecule has 1 unspecified atom stereocenters. The summed E-state index contributed by atoms with van der Waals surface area (Å²) in [4.78, 5) is 14.1. The van der Waals surface area contributed by atoms with E-state index in [-0.39, 0.29) is 5.91 Å². The highest BCUT2D eigenvalue weighted by molar-refractivity contribution is 5.77. The van der Waals surface area contributed by atoms with Gasteiger partial charge in [-0.1, -0.05) is 0 Å². The smallest absolute Gasteiger partial charge is 0.234 e. The molecule has 0 spiro atoms. The molecule has 5 heteroatoms. The molecular formula is C14H29N3O2. The number of carbonyl (C=O) groups excluding carboxylic acids is 1. The molecule has 1 atom stereocenters. The van der Waals surface area contributed by atoms with Crippen LogP contribution in [-0.4, -0.2) is 62.8 Å². The van der Waals surface area contributed by atoms with Crippen molar-refractivity contribution >= 4 is 5.91 Å². The van der Waals surface area contributed by atoms with Crippen LogP contribution in [0.2, 0.25) is 0 Å². The zero-order valence-electron chi connectivity index (χ0n) is 12.6. The first-order chi connectivity index (χ1) is 9.13. The number of nitrogens with zero attached hydrogens (tertiary/aromatic N) is 1. The number of nitrogens with one attached hydrogen (secondary N) is 2. The summed E-state index contributed by atoms with van der Waals surface area (Å²) in [5.41, 5.74) is 0. The molecule has 112 valence electrons. The maximum atomic E-state index is 11.6. The number of hydrogen-bond acceptors (Lipinski definition) is 4. The summed E-state index contributed by atoms with van der Waals surface area (Å²) >= 11 is 0. The predicted octanol–water partition coefficient (Wildman–Crippen LogP) is 0.602. The second-order valence-corrected chi connectivity index (χ2v) is 5.48. The molecule has 0 aliphatic carbocycles. The number of carbonyl (C=O) groups is 1. The summed E-state index contributed by atoms with van der Waals surface area (Å²) in [5, 5.41) is 6.20. The molecule has 0 saturated carbocycles. The van der Waals surface area contributed by atoms with Crippen molar-refractivity contribution < 1.29 is 9.53 Å². The molecule has 0 aromatic heterocycles. The fourth-order valence-corrected chi connectivity index (χ4v) is 2.43. The monoisotopic (exact) mass is 271 g/mol. The number of ether oxygens (including phenoxy) is 1. The van der Waals surface area contributed by atoms with E-state index in [0.29, 0.717) is 31.8 Å². The van der Waals surface area contributed by atoms with E-state index in [9.17, 15) is 4.79 Å². The number of rotatable bonds is 7. The van der Waals surface area contributed by atoms with Gasteiger partial charge in [-0.3, -0.25) is 4.79 Å². The molecule has 19 heavy (non-hydrogen) atoms. The highest BCUT2D eigenvalue weighted by Gasteiger charge is 2.18. The van der Waals surface area contributed by atoms with Crippen LogP contribution < -0.4 is 10.6 Å². The van der Waals surface area contributed by atoms with Gasteiger partial charge in [-0.05, 0) is 46.2 Å². The summed E-state index contributed by atoms with van der Waals surface area (Å²) < 4.78 is 4.90. The van der Waals surface area contributed by atoms with Crippen LogP contribution in [0.3, 0.4) is 0 Å². The third kappa shape index (κ3) is 6.89. The van der Waals surface area contributed by atoms with Crippen LogP contribution >= 0.6 is 0 Å². The second kappa shape index (κ2) is 9.28. The average molecular weight is 271 g/mol. The van der Waals surface area contributed by atoms with Gasteiger partial charge in [0, 0.05) is 25.7 Å². The minimum atomic E-state index is 0.0574. The first kappa shape index (κ1) is 16.4. The van der Waals surface area contributed by atoms with E-state index < -0.39 is 0 Å². The first-order valence-corrected chi connectivity index (χ1v) is 7.36. The van der Waals surface area contributed by atoms with E-state index in [1.54, 1.807) is 7.11 Å². The van der Waals surface area contributed by atoms with Crippen molar-refractivity contribution in [1.82, 2.24) is 15.5 Å². The third-order valence-electron chi connectivity index (χ3n) is 3.67. The van der Waals surface area contributed by atoms with E-state index >= 15 is 0 Å². The standard InChI is InChI=1S/C14H29N3O2/c1-12(2)17-8-4-5-13(6-9-17)16-11-14(18)15-7-10-19-3/h12-13,16H,4-11H2,1-3H3,(H,15,18). The summed E-state index contributed by atoms with van der Waals surface area (Å²) in [6, 6.07) is 1.09. The fraction of sp³-hybridized carbons (Fsp3) is 0.929. The highest BCUT2D eigenvalue weighted by atomic mass is 16.5. The normalized spacial score (nSPS) is 21.4. The molecule has 2 N–H and O–H groups in total. The minimum Gasteiger partial charge on any atom is -0.383 e. The van der Waals surface area contributed by atoms with Gasteiger partial charge in [0.1, 0.15) is 0 Å².